The first-order valence-corrected chi connectivity index (χ1v) is 9.31. The Hall–Kier alpha value is -1.37. The van der Waals surface area contributed by atoms with Crippen molar-refractivity contribution in [3.63, 3.8) is 0 Å². The number of hydrogen-bond donors (Lipinski definition) is 2. The van der Waals surface area contributed by atoms with E-state index in [1.54, 1.807) is 35.6 Å². The molecule has 21 heavy (non-hydrogen) atoms. The molecule has 114 valence electrons. The molecular formula is C15H20N2O2S2. The van der Waals surface area contributed by atoms with Crippen LogP contribution in [0, 0.1) is 6.92 Å². The minimum atomic E-state index is -3.46. The van der Waals surface area contributed by atoms with Gasteiger partial charge in [-0.2, -0.15) is 11.3 Å². The molecule has 0 aliphatic heterocycles. The van der Waals surface area contributed by atoms with Crippen LogP contribution in [0.25, 0.3) is 0 Å². The number of hydrogen-bond acceptors (Lipinski definition) is 4. The predicted octanol–water partition coefficient (Wildman–Crippen LogP) is 3.36. The summed E-state index contributed by atoms with van der Waals surface area (Å²) in [6, 6.07) is 6.84. The summed E-state index contributed by atoms with van der Waals surface area (Å²) in [5.41, 5.74) is 3.07. The predicted molar refractivity (Wildman–Crippen MR) is 88.3 cm³/mol. The first-order valence-electron chi connectivity index (χ1n) is 6.88. The fourth-order valence-electron chi connectivity index (χ4n) is 1.85. The molecule has 0 bridgehead atoms. The van der Waals surface area contributed by atoms with E-state index in [1.807, 2.05) is 17.7 Å². The van der Waals surface area contributed by atoms with Crippen molar-refractivity contribution in [1.82, 2.24) is 4.72 Å². The van der Waals surface area contributed by atoms with Gasteiger partial charge in [-0.25, -0.2) is 13.1 Å². The third-order valence-electron chi connectivity index (χ3n) is 3.16. The van der Waals surface area contributed by atoms with Gasteiger partial charge in [-0.1, -0.05) is 6.92 Å². The molecule has 0 unspecified atom stereocenters. The number of benzene rings is 1. The maximum absolute atomic E-state index is 12.2. The van der Waals surface area contributed by atoms with E-state index in [0.717, 1.165) is 29.8 Å². The molecule has 0 saturated heterocycles. The topological polar surface area (TPSA) is 58.2 Å². The van der Waals surface area contributed by atoms with Gasteiger partial charge in [0.05, 0.1) is 4.90 Å². The van der Waals surface area contributed by atoms with E-state index >= 15 is 0 Å². The second-order valence-corrected chi connectivity index (χ2v) is 7.37. The second-order valence-electron chi connectivity index (χ2n) is 4.86. The van der Waals surface area contributed by atoms with Crippen LogP contribution in [0.4, 0.5) is 5.69 Å². The molecule has 1 aromatic heterocycles. The van der Waals surface area contributed by atoms with Gasteiger partial charge in [-0.05, 0) is 59.5 Å². The zero-order chi connectivity index (χ0) is 15.3. The number of anilines is 1. The first kappa shape index (κ1) is 16.0. The van der Waals surface area contributed by atoms with E-state index in [4.69, 9.17) is 0 Å². The molecule has 2 N–H and O–H groups in total. The molecule has 2 rings (SSSR count). The summed E-state index contributed by atoms with van der Waals surface area (Å²) in [5, 5.41) is 7.20. The Morgan fingerprint density at radius 1 is 1.14 bits per heavy atom. The molecule has 0 aliphatic rings. The Kier molecular flexibility index (Phi) is 5.39. The van der Waals surface area contributed by atoms with Crippen molar-refractivity contribution in [2.24, 2.45) is 0 Å². The molecule has 2 aromatic rings. The normalized spacial score (nSPS) is 11.5. The number of sulfonamides is 1. The molecule has 6 heteroatoms. The van der Waals surface area contributed by atoms with Gasteiger partial charge >= 0.3 is 0 Å². The Morgan fingerprint density at radius 3 is 2.43 bits per heavy atom. The smallest absolute Gasteiger partial charge is 0.240 e. The molecule has 0 radical (unpaired) electrons. The molecule has 0 atom stereocenters. The van der Waals surface area contributed by atoms with Crippen LogP contribution in [-0.4, -0.2) is 15.0 Å². The lowest BCUT2D eigenvalue weighted by Crippen LogP contribution is -2.23. The molecular weight excluding hydrogens is 304 g/mol. The van der Waals surface area contributed by atoms with Crippen LogP contribution >= 0.6 is 11.3 Å². The minimum absolute atomic E-state index is 0.289. The van der Waals surface area contributed by atoms with Gasteiger partial charge in [0.25, 0.3) is 0 Å². The van der Waals surface area contributed by atoms with E-state index in [9.17, 15) is 8.42 Å². The summed E-state index contributed by atoms with van der Waals surface area (Å²) in [6.45, 7) is 5.27. The van der Waals surface area contributed by atoms with E-state index in [2.05, 4.69) is 17.0 Å². The average Bonchev–Trinajstić information content (AvgIpc) is 2.89. The summed E-state index contributed by atoms with van der Waals surface area (Å²) in [7, 11) is -3.46. The van der Waals surface area contributed by atoms with Crippen LogP contribution in [0.5, 0.6) is 0 Å². The van der Waals surface area contributed by atoms with Crippen molar-refractivity contribution in [2.45, 2.75) is 31.7 Å². The fourth-order valence-corrected chi connectivity index (χ4v) is 3.71. The van der Waals surface area contributed by atoms with Crippen molar-refractivity contribution >= 4 is 27.0 Å². The Bertz CT molecular complexity index is 676. The fraction of sp³-hybridized carbons (Fsp3) is 0.333. The largest absolute Gasteiger partial charge is 0.385 e. The lowest BCUT2D eigenvalue weighted by molar-refractivity contribution is 0.581. The number of nitrogens with one attached hydrogen (secondary N) is 2. The number of rotatable bonds is 7. The molecule has 1 aromatic carbocycles. The van der Waals surface area contributed by atoms with Crippen LogP contribution in [-0.2, 0) is 16.6 Å². The average molecular weight is 324 g/mol. The monoisotopic (exact) mass is 324 g/mol. The summed E-state index contributed by atoms with van der Waals surface area (Å²) in [5.74, 6) is 0. The highest BCUT2D eigenvalue weighted by Crippen LogP contribution is 2.17. The Labute approximate surface area is 130 Å². The standard InChI is InChI=1S/C15H20N2O2S2/c1-3-8-16-14-4-6-15(7-5-14)21(18,19)17-9-13-11-20-10-12(13)2/h4-7,10-11,16-17H,3,8-9H2,1-2H3. The van der Waals surface area contributed by atoms with Gasteiger partial charge in [0.15, 0.2) is 0 Å². The van der Waals surface area contributed by atoms with E-state index in [-0.39, 0.29) is 4.90 Å². The van der Waals surface area contributed by atoms with Gasteiger partial charge in [-0.3, -0.25) is 0 Å². The highest BCUT2D eigenvalue weighted by molar-refractivity contribution is 7.89. The maximum Gasteiger partial charge on any atom is 0.240 e. The van der Waals surface area contributed by atoms with Gasteiger partial charge in [-0.15, -0.1) is 0 Å². The highest BCUT2D eigenvalue weighted by atomic mass is 32.2. The SMILES string of the molecule is CCCNc1ccc(S(=O)(=O)NCc2cscc2C)cc1. The minimum Gasteiger partial charge on any atom is -0.385 e. The van der Waals surface area contributed by atoms with Crippen molar-refractivity contribution in [2.75, 3.05) is 11.9 Å². The van der Waals surface area contributed by atoms with Crippen LogP contribution < -0.4 is 10.0 Å². The van der Waals surface area contributed by atoms with Crippen LogP contribution in [0.3, 0.4) is 0 Å². The quantitative estimate of drug-likeness (QED) is 0.821. The maximum atomic E-state index is 12.2. The van der Waals surface area contributed by atoms with Gasteiger partial charge in [0.2, 0.25) is 10.0 Å². The van der Waals surface area contributed by atoms with Gasteiger partial charge in [0.1, 0.15) is 0 Å². The lowest BCUT2D eigenvalue weighted by atomic mass is 10.2. The third-order valence-corrected chi connectivity index (χ3v) is 5.49. The molecule has 0 aliphatic carbocycles. The second kappa shape index (κ2) is 7.06. The molecule has 0 spiro atoms. The number of aryl methyl sites for hydroxylation is 1. The van der Waals surface area contributed by atoms with E-state index in [1.165, 1.54) is 0 Å². The highest BCUT2D eigenvalue weighted by Gasteiger charge is 2.14. The molecule has 0 fully saturated rings. The van der Waals surface area contributed by atoms with Crippen molar-refractivity contribution < 1.29 is 8.42 Å². The van der Waals surface area contributed by atoms with Gasteiger partial charge in [0, 0.05) is 18.8 Å². The zero-order valence-electron chi connectivity index (χ0n) is 12.2. The summed E-state index contributed by atoms with van der Waals surface area (Å²) < 4.78 is 27.1. The van der Waals surface area contributed by atoms with Crippen LogP contribution in [0.15, 0.2) is 39.9 Å². The zero-order valence-corrected chi connectivity index (χ0v) is 13.9. The molecule has 4 nitrogen and oxygen atoms in total. The van der Waals surface area contributed by atoms with E-state index in [0.29, 0.717) is 6.54 Å². The molecule has 0 amide bonds. The number of thiophene rings is 1. The summed E-state index contributed by atoms with van der Waals surface area (Å²) in [6.07, 6.45) is 1.03. The van der Waals surface area contributed by atoms with E-state index < -0.39 is 10.0 Å². The van der Waals surface area contributed by atoms with Crippen LogP contribution in [0.1, 0.15) is 24.5 Å². The van der Waals surface area contributed by atoms with Crippen molar-refractivity contribution in [3.8, 4) is 0 Å². The Balaban J connectivity index is 2.03. The lowest BCUT2D eigenvalue weighted by Gasteiger charge is -2.08. The summed E-state index contributed by atoms with van der Waals surface area (Å²) >= 11 is 1.58. The van der Waals surface area contributed by atoms with Crippen molar-refractivity contribution in [3.05, 3.63) is 46.2 Å². The third kappa shape index (κ3) is 4.30. The van der Waals surface area contributed by atoms with Crippen LogP contribution in [0.2, 0.25) is 0 Å². The molecule has 0 saturated carbocycles. The molecule has 1 heterocycles. The Morgan fingerprint density at radius 2 is 1.86 bits per heavy atom. The van der Waals surface area contributed by atoms with Crippen molar-refractivity contribution in [1.29, 1.82) is 0 Å². The van der Waals surface area contributed by atoms with Gasteiger partial charge < -0.3 is 5.32 Å². The first-order chi connectivity index (χ1) is 10.0. The summed E-state index contributed by atoms with van der Waals surface area (Å²) in [4.78, 5) is 0.289.